The van der Waals surface area contributed by atoms with Crippen molar-refractivity contribution in [2.45, 2.75) is 321 Å². The zero-order valence-corrected chi connectivity index (χ0v) is 40.7. The van der Waals surface area contributed by atoms with Gasteiger partial charge in [-0.3, -0.25) is 9.59 Å². The van der Waals surface area contributed by atoms with E-state index in [1.807, 2.05) is 0 Å². The van der Waals surface area contributed by atoms with Crippen LogP contribution in [0.4, 0.5) is 0 Å². The lowest BCUT2D eigenvalue weighted by molar-refractivity contribution is -0.143. The quantitative estimate of drug-likeness (QED) is 0.0418. The maximum Gasteiger partial charge on any atom is 0.305 e. The number of unbranched alkanes of at least 4 members (excludes halogenated alkanes) is 40. The highest BCUT2D eigenvalue weighted by Crippen LogP contribution is 2.17. The summed E-state index contributed by atoms with van der Waals surface area (Å²) in [6.45, 7) is 4.95. The van der Waals surface area contributed by atoms with E-state index in [0.717, 1.165) is 44.9 Å². The van der Waals surface area contributed by atoms with Crippen LogP contribution in [0.5, 0.6) is 0 Å². The number of esters is 1. The van der Waals surface area contributed by atoms with Crippen molar-refractivity contribution in [2.24, 2.45) is 0 Å². The molecule has 6 heteroatoms. The topological polar surface area (TPSA) is 95.9 Å². The van der Waals surface area contributed by atoms with Gasteiger partial charge in [0.2, 0.25) is 5.91 Å². The monoisotopic (exact) mass is 850 g/mol. The highest BCUT2D eigenvalue weighted by molar-refractivity contribution is 5.76. The van der Waals surface area contributed by atoms with Crippen LogP contribution in [0.15, 0.2) is 0 Å². The molecule has 6 nitrogen and oxygen atoms in total. The molecule has 0 rings (SSSR count). The van der Waals surface area contributed by atoms with Crippen LogP contribution in [-0.4, -0.2) is 47.4 Å². The van der Waals surface area contributed by atoms with E-state index in [1.54, 1.807) is 0 Å². The first-order chi connectivity index (χ1) is 29.5. The van der Waals surface area contributed by atoms with Gasteiger partial charge in [-0.15, -0.1) is 0 Å². The summed E-state index contributed by atoms with van der Waals surface area (Å²) in [6.07, 6.45) is 56.5. The minimum Gasteiger partial charge on any atom is -0.466 e. The zero-order chi connectivity index (χ0) is 43.7. The molecule has 2 unspecified atom stereocenters. The lowest BCUT2D eigenvalue weighted by Crippen LogP contribution is -2.45. The molecular weight excluding hydrogens is 743 g/mol. The zero-order valence-electron chi connectivity index (χ0n) is 40.7. The van der Waals surface area contributed by atoms with E-state index in [0.29, 0.717) is 25.9 Å². The van der Waals surface area contributed by atoms with Crippen LogP contribution >= 0.6 is 0 Å². The Morgan fingerprint density at radius 1 is 0.400 bits per heavy atom. The molecule has 0 spiro atoms. The maximum atomic E-state index is 12.4. The number of amides is 1. The molecule has 0 aliphatic heterocycles. The Hall–Kier alpha value is -1.14. The number of rotatable bonds is 51. The van der Waals surface area contributed by atoms with Gasteiger partial charge in [-0.05, 0) is 25.7 Å². The molecule has 3 N–H and O–H groups in total. The van der Waals surface area contributed by atoms with Crippen molar-refractivity contribution in [1.29, 1.82) is 0 Å². The molecule has 60 heavy (non-hydrogen) atoms. The molecule has 0 saturated carbocycles. The molecule has 1 amide bonds. The standard InChI is InChI=1S/C54H107NO5/c1-3-5-7-9-11-13-15-17-18-21-24-28-32-36-40-44-48-54(59)60-49-45-41-37-33-29-25-22-19-20-23-27-31-35-39-43-47-53(58)55-51(50-56)52(57)46-42-38-34-30-26-16-14-12-10-8-6-4-2/h51-52,56-57H,3-50H2,1-2H3,(H,55,58). The van der Waals surface area contributed by atoms with E-state index in [9.17, 15) is 19.8 Å². The maximum absolute atomic E-state index is 12.4. The molecule has 358 valence electrons. The molecule has 0 aromatic heterocycles. The predicted molar refractivity (Wildman–Crippen MR) is 260 cm³/mol. The summed E-state index contributed by atoms with van der Waals surface area (Å²) in [7, 11) is 0. The third-order valence-electron chi connectivity index (χ3n) is 12.9. The number of hydrogen-bond donors (Lipinski definition) is 3. The Morgan fingerprint density at radius 2 is 0.683 bits per heavy atom. The summed E-state index contributed by atoms with van der Waals surface area (Å²) < 4.78 is 5.48. The minimum atomic E-state index is -0.667. The normalized spacial score (nSPS) is 12.5. The summed E-state index contributed by atoms with van der Waals surface area (Å²) in [5.41, 5.74) is 0. The molecule has 0 aliphatic rings. The van der Waals surface area contributed by atoms with E-state index in [4.69, 9.17) is 4.74 Å². The first-order valence-electron chi connectivity index (χ1n) is 27.3. The van der Waals surface area contributed by atoms with Crippen LogP contribution in [0, 0.1) is 0 Å². The van der Waals surface area contributed by atoms with E-state index in [2.05, 4.69) is 19.2 Å². The number of aliphatic hydroxyl groups is 2. The van der Waals surface area contributed by atoms with Crippen molar-refractivity contribution in [3.63, 3.8) is 0 Å². The average molecular weight is 850 g/mol. The molecule has 2 atom stereocenters. The number of carbonyl (C=O) groups is 2. The van der Waals surface area contributed by atoms with Crippen LogP contribution in [0.25, 0.3) is 0 Å². The number of nitrogens with one attached hydrogen (secondary N) is 1. The van der Waals surface area contributed by atoms with Crippen LogP contribution in [0.1, 0.15) is 309 Å². The first-order valence-corrected chi connectivity index (χ1v) is 27.3. The van der Waals surface area contributed by atoms with Crippen molar-refractivity contribution < 1.29 is 24.5 Å². The Labute approximate surface area is 375 Å². The van der Waals surface area contributed by atoms with E-state index < -0.39 is 12.1 Å². The second kappa shape index (κ2) is 50.5. The average Bonchev–Trinajstić information content (AvgIpc) is 3.25. The Balaban J connectivity index is 3.39. The highest BCUT2D eigenvalue weighted by Gasteiger charge is 2.20. The number of carbonyl (C=O) groups excluding carboxylic acids is 2. The second-order valence-electron chi connectivity index (χ2n) is 18.9. The van der Waals surface area contributed by atoms with Crippen molar-refractivity contribution >= 4 is 11.9 Å². The molecule has 0 bridgehead atoms. The molecule has 0 saturated heterocycles. The molecule has 0 aliphatic carbocycles. The van der Waals surface area contributed by atoms with Gasteiger partial charge in [-0.1, -0.05) is 271 Å². The molecule has 0 heterocycles. The lowest BCUT2D eigenvalue weighted by atomic mass is 10.0. The molecule has 0 aromatic rings. The van der Waals surface area contributed by atoms with Gasteiger partial charge in [0.25, 0.3) is 0 Å². The number of ether oxygens (including phenoxy) is 1. The fourth-order valence-corrected chi connectivity index (χ4v) is 8.70. The number of aliphatic hydroxyl groups excluding tert-OH is 2. The van der Waals surface area contributed by atoms with Crippen LogP contribution in [-0.2, 0) is 14.3 Å². The van der Waals surface area contributed by atoms with Crippen LogP contribution in [0.3, 0.4) is 0 Å². The van der Waals surface area contributed by atoms with Crippen molar-refractivity contribution in [2.75, 3.05) is 13.2 Å². The Bertz CT molecular complexity index is 852. The smallest absolute Gasteiger partial charge is 0.305 e. The van der Waals surface area contributed by atoms with Crippen molar-refractivity contribution in [3.05, 3.63) is 0 Å². The van der Waals surface area contributed by atoms with Crippen LogP contribution < -0.4 is 5.32 Å². The Kier molecular flexibility index (Phi) is 49.5. The van der Waals surface area contributed by atoms with Gasteiger partial charge in [0.05, 0.1) is 25.4 Å². The molecule has 0 fully saturated rings. The Morgan fingerprint density at radius 3 is 1.02 bits per heavy atom. The van der Waals surface area contributed by atoms with E-state index in [-0.39, 0.29) is 18.5 Å². The fourth-order valence-electron chi connectivity index (χ4n) is 8.70. The van der Waals surface area contributed by atoms with Crippen molar-refractivity contribution in [1.82, 2.24) is 5.32 Å². The lowest BCUT2D eigenvalue weighted by Gasteiger charge is -2.22. The third-order valence-corrected chi connectivity index (χ3v) is 12.9. The third kappa shape index (κ3) is 46.4. The summed E-state index contributed by atoms with van der Waals surface area (Å²) in [5, 5.41) is 23.2. The molecule has 0 radical (unpaired) electrons. The highest BCUT2D eigenvalue weighted by atomic mass is 16.5. The molecular formula is C54H107NO5. The van der Waals surface area contributed by atoms with Crippen molar-refractivity contribution in [3.8, 4) is 0 Å². The van der Waals surface area contributed by atoms with Gasteiger partial charge in [0.15, 0.2) is 0 Å². The van der Waals surface area contributed by atoms with Gasteiger partial charge < -0.3 is 20.3 Å². The SMILES string of the molecule is CCCCCCCCCCCCCCCCCCC(=O)OCCCCCCCCCCCCCCCCCC(=O)NC(CO)C(O)CCCCCCCCCCCCCC. The van der Waals surface area contributed by atoms with Gasteiger partial charge in [0.1, 0.15) is 0 Å². The largest absolute Gasteiger partial charge is 0.466 e. The first kappa shape index (κ1) is 58.9. The number of hydrogen-bond acceptors (Lipinski definition) is 5. The molecule has 0 aromatic carbocycles. The van der Waals surface area contributed by atoms with Gasteiger partial charge in [0, 0.05) is 12.8 Å². The van der Waals surface area contributed by atoms with Crippen LogP contribution in [0.2, 0.25) is 0 Å². The summed E-state index contributed by atoms with van der Waals surface area (Å²) in [6, 6.07) is -0.545. The summed E-state index contributed by atoms with van der Waals surface area (Å²) in [5.74, 6) is -0.0376. The van der Waals surface area contributed by atoms with Gasteiger partial charge in [-0.25, -0.2) is 0 Å². The van der Waals surface area contributed by atoms with E-state index in [1.165, 1.54) is 231 Å². The summed E-state index contributed by atoms with van der Waals surface area (Å²) in [4.78, 5) is 24.5. The van der Waals surface area contributed by atoms with E-state index >= 15 is 0 Å². The minimum absolute atomic E-state index is 0.00472. The second-order valence-corrected chi connectivity index (χ2v) is 18.9. The summed E-state index contributed by atoms with van der Waals surface area (Å²) >= 11 is 0. The van der Waals surface area contributed by atoms with Gasteiger partial charge in [-0.2, -0.15) is 0 Å². The fraction of sp³-hybridized carbons (Fsp3) is 0.963. The van der Waals surface area contributed by atoms with Gasteiger partial charge >= 0.3 is 5.97 Å². The predicted octanol–water partition coefficient (Wildman–Crippen LogP) is 16.4.